The zero-order valence-corrected chi connectivity index (χ0v) is 8.35. The van der Waals surface area contributed by atoms with E-state index in [1.165, 1.54) is 0 Å². The number of rotatable bonds is 3. The molecule has 1 aromatic rings. The van der Waals surface area contributed by atoms with Crippen LogP contribution >= 0.6 is 11.8 Å². The second-order valence-corrected chi connectivity index (χ2v) is 3.41. The fourth-order valence-corrected chi connectivity index (χ4v) is 1.43. The second-order valence-electron chi connectivity index (χ2n) is 2.53. The number of aromatic hydroxyl groups is 1. The van der Waals surface area contributed by atoms with Gasteiger partial charge in [0.15, 0.2) is 0 Å². The Balaban J connectivity index is 3.47. The van der Waals surface area contributed by atoms with Crippen molar-refractivity contribution >= 4 is 23.1 Å². The fraction of sp³-hybridized carbons (Fsp3) is 0.143. The Kier molecular flexibility index (Phi) is 3.10. The molecule has 0 aromatic heterocycles. The summed E-state index contributed by atoms with van der Waals surface area (Å²) in [4.78, 5) is 19.6. The standard InChI is InChI=1S/C7H6N2O5S/c1-15-4-2-5(8(11)12)7(10)6(3-4)9(13)14/h2-3,10H,1H3. The first-order chi connectivity index (χ1) is 6.97. The van der Waals surface area contributed by atoms with Crippen LogP contribution in [0.5, 0.6) is 5.75 Å². The molecule has 0 atom stereocenters. The van der Waals surface area contributed by atoms with Gasteiger partial charge < -0.3 is 5.11 Å². The second kappa shape index (κ2) is 4.13. The van der Waals surface area contributed by atoms with Crippen molar-refractivity contribution in [1.29, 1.82) is 0 Å². The summed E-state index contributed by atoms with van der Waals surface area (Å²) in [5.74, 6) is -0.914. The van der Waals surface area contributed by atoms with Crippen LogP contribution in [0.1, 0.15) is 0 Å². The first kappa shape index (κ1) is 11.2. The van der Waals surface area contributed by atoms with Crippen LogP contribution in [0.2, 0.25) is 0 Å². The number of nitro groups is 2. The molecule has 1 rings (SSSR count). The van der Waals surface area contributed by atoms with Gasteiger partial charge in [0, 0.05) is 17.0 Å². The summed E-state index contributed by atoms with van der Waals surface area (Å²) in [7, 11) is 0. The summed E-state index contributed by atoms with van der Waals surface area (Å²) in [6.07, 6.45) is 1.62. The van der Waals surface area contributed by atoms with Gasteiger partial charge in [0.05, 0.1) is 9.85 Å². The van der Waals surface area contributed by atoms with Gasteiger partial charge in [-0.05, 0) is 6.26 Å². The van der Waals surface area contributed by atoms with Crippen molar-refractivity contribution in [3.63, 3.8) is 0 Å². The van der Waals surface area contributed by atoms with Crippen LogP contribution < -0.4 is 0 Å². The number of phenols is 1. The maximum atomic E-state index is 10.5. The highest BCUT2D eigenvalue weighted by Crippen LogP contribution is 2.38. The maximum absolute atomic E-state index is 10.5. The lowest BCUT2D eigenvalue weighted by atomic mass is 10.2. The van der Waals surface area contributed by atoms with Crippen molar-refractivity contribution in [1.82, 2.24) is 0 Å². The number of nitro benzene ring substituents is 2. The number of nitrogens with zero attached hydrogens (tertiary/aromatic N) is 2. The van der Waals surface area contributed by atoms with Crippen molar-refractivity contribution in [2.24, 2.45) is 0 Å². The Bertz CT molecular complexity index is 398. The summed E-state index contributed by atoms with van der Waals surface area (Å²) in [5.41, 5.74) is -1.32. The zero-order chi connectivity index (χ0) is 11.6. The number of benzene rings is 1. The number of hydrogen-bond donors (Lipinski definition) is 1. The smallest absolute Gasteiger partial charge is 0.319 e. The summed E-state index contributed by atoms with van der Waals surface area (Å²) in [6, 6.07) is 2.18. The minimum atomic E-state index is -0.914. The molecule has 1 N–H and O–H groups in total. The molecule has 7 nitrogen and oxygen atoms in total. The monoisotopic (exact) mass is 230 g/mol. The van der Waals surface area contributed by atoms with Crippen molar-refractivity contribution in [2.75, 3.05) is 6.26 Å². The number of phenolic OH excluding ortho intramolecular Hbond substituents is 1. The van der Waals surface area contributed by atoms with Gasteiger partial charge in [0.1, 0.15) is 0 Å². The van der Waals surface area contributed by atoms with Crippen molar-refractivity contribution in [3.05, 3.63) is 32.4 Å². The van der Waals surface area contributed by atoms with Crippen LogP contribution in [-0.4, -0.2) is 21.2 Å². The molecule has 1 aromatic carbocycles. The molecule has 0 radical (unpaired) electrons. The van der Waals surface area contributed by atoms with Gasteiger partial charge in [-0.2, -0.15) is 0 Å². The molecule has 0 aliphatic rings. The van der Waals surface area contributed by atoms with Crippen molar-refractivity contribution < 1.29 is 15.0 Å². The van der Waals surface area contributed by atoms with E-state index >= 15 is 0 Å². The Labute approximate surface area is 88.0 Å². The van der Waals surface area contributed by atoms with Crippen LogP contribution in [0.25, 0.3) is 0 Å². The lowest BCUT2D eigenvalue weighted by Crippen LogP contribution is -1.94. The molecule has 15 heavy (non-hydrogen) atoms. The maximum Gasteiger partial charge on any atom is 0.319 e. The molecule has 0 saturated carbocycles. The van der Waals surface area contributed by atoms with Crippen LogP contribution in [0.15, 0.2) is 17.0 Å². The summed E-state index contributed by atoms with van der Waals surface area (Å²) in [5, 5.41) is 30.2. The van der Waals surface area contributed by atoms with E-state index in [-0.39, 0.29) is 0 Å². The minimum absolute atomic E-state index is 0.353. The van der Waals surface area contributed by atoms with Gasteiger partial charge in [-0.15, -0.1) is 11.8 Å². The Hall–Kier alpha value is -1.83. The predicted octanol–water partition coefficient (Wildman–Crippen LogP) is 1.93. The third-order valence-corrected chi connectivity index (χ3v) is 2.38. The van der Waals surface area contributed by atoms with Crippen LogP contribution in [-0.2, 0) is 0 Å². The van der Waals surface area contributed by atoms with E-state index in [1.54, 1.807) is 6.26 Å². The highest BCUT2D eigenvalue weighted by atomic mass is 32.2. The van der Waals surface area contributed by atoms with Gasteiger partial charge in [-0.25, -0.2) is 0 Å². The topological polar surface area (TPSA) is 107 Å². The van der Waals surface area contributed by atoms with E-state index in [9.17, 15) is 25.3 Å². The quantitative estimate of drug-likeness (QED) is 0.483. The van der Waals surface area contributed by atoms with Crippen LogP contribution in [0, 0.1) is 20.2 Å². The molecule has 0 heterocycles. The average molecular weight is 230 g/mol. The number of thioether (sulfide) groups is 1. The van der Waals surface area contributed by atoms with Gasteiger partial charge in [-0.3, -0.25) is 20.2 Å². The summed E-state index contributed by atoms with van der Waals surface area (Å²) in [6.45, 7) is 0. The number of hydrogen-bond acceptors (Lipinski definition) is 6. The van der Waals surface area contributed by atoms with E-state index in [1.807, 2.05) is 0 Å². The lowest BCUT2D eigenvalue weighted by Gasteiger charge is -2.00. The molecule has 0 saturated heterocycles. The zero-order valence-electron chi connectivity index (χ0n) is 7.54. The molecule has 0 fully saturated rings. The molecule has 0 unspecified atom stereocenters. The van der Waals surface area contributed by atoms with E-state index < -0.39 is 27.0 Å². The highest BCUT2D eigenvalue weighted by molar-refractivity contribution is 7.98. The Morgan fingerprint density at radius 1 is 1.20 bits per heavy atom. The SMILES string of the molecule is CSc1cc([N+](=O)[O-])c(O)c([N+](=O)[O-])c1. The molecule has 0 bridgehead atoms. The Morgan fingerprint density at radius 2 is 1.60 bits per heavy atom. The van der Waals surface area contributed by atoms with Crippen LogP contribution in [0.4, 0.5) is 11.4 Å². The molecule has 0 amide bonds. The molecular weight excluding hydrogens is 224 g/mol. The molecule has 0 aliphatic heterocycles. The van der Waals surface area contributed by atoms with E-state index in [0.29, 0.717) is 4.90 Å². The van der Waals surface area contributed by atoms with Crippen LogP contribution in [0.3, 0.4) is 0 Å². The van der Waals surface area contributed by atoms with Gasteiger partial charge >= 0.3 is 11.4 Å². The fourth-order valence-electron chi connectivity index (χ4n) is 0.975. The van der Waals surface area contributed by atoms with E-state index in [0.717, 1.165) is 23.9 Å². The van der Waals surface area contributed by atoms with Gasteiger partial charge in [0.25, 0.3) is 5.75 Å². The third kappa shape index (κ3) is 2.15. The first-order valence-electron chi connectivity index (χ1n) is 3.67. The molecule has 8 heteroatoms. The summed E-state index contributed by atoms with van der Waals surface area (Å²) >= 11 is 1.12. The predicted molar refractivity (Wildman–Crippen MR) is 53.2 cm³/mol. The van der Waals surface area contributed by atoms with E-state index in [4.69, 9.17) is 0 Å². The third-order valence-electron chi connectivity index (χ3n) is 1.67. The molecule has 80 valence electrons. The van der Waals surface area contributed by atoms with Gasteiger partial charge in [0.2, 0.25) is 0 Å². The van der Waals surface area contributed by atoms with Crippen molar-refractivity contribution in [3.8, 4) is 5.75 Å². The largest absolute Gasteiger partial charge is 0.497 e. The summed E-state index contributed by atoms with van der Waals surface area (Å²) < 4.78 is 0. The average Bonchev–Trinajstić information content (AvgIpc) is 2.17. The van der Waals surface area contributed by atoms with Gasteiger partial charge in [-0.1, -0.05) is 0 Å². The highest BCUT2D eigenvalue weighted by Gasteiger charge is 2.25. The lowest BCUT2D eigenvalue weighted by molar-refractivity contribution is -0.396. The normalized spacial score (nSPS) is 9.93. The van der Waals surface area contributed by atoms with Crippen molar-refractivity contribution in [2.45, 2.75) is 4.90 Å². The molecular formula is C7H6N2O5S. The molecule has 0 aliphatic carbocycles. The van der Waals surface area contributed by atoms with E-state index in [2.05, 4.69) is 0 Å². The Morgan fingerprint density at radius 3 is 1.87 bits per heavy atom. The first-order valence-corrected chi connectivity index (χ1v) is 4.89. The molecule has 0 spiro atoms. The minimum Gasteiger partial charge on any atom is -0.497 e.